The molecule has 1 N–H and O–H groups in total. The number of aromatic carboxylic acids is 1. The first-order valence-electron chi connectivity index (χ1n) is 6.30. The van der Waals surface area contributed by atoms with E-state index in [2.05, 4.69) is 5.10 Å². The molecule has 1 aromatic heterocycles. The minimum atomic E-state index is -1.25. The van der Waals surface area contributed by atoms with E-state index in [1.165, 1.54) is 6.07 Å². The van der Waals surface area contributed by atoms with Gasteiger partial charge in [-0.2, -0.15) is 5.10 Å². The molecule has 21 heavy (non-hydrogen) atoms. The molecule has 2 rings (SSSR count). The molecule has 0 saturated heterocycles. The third-order valence-corrected chi connectivity index (χ3v) is 3.48. The van der Waals surface area contributed by atoms with Crippen molar-refractivity contribution in [3.05, 3.63) is 46.0 Å². The van der Waals surface area contributed by atoms with Crippen molar-refractivity contribution < 1.29 is 19.0 Å². The van der Waals surface area contributed by atoms with E-state index in [1.807, 2.05) is 6.92 Å². The monoisotopic (exact) mass is 312 g/mol. The van der Waals surface area contributed by atoms with E-state index in [-0.39, 0.29) is 17.9 Å². The number of nitrogens with zero attached hydrogens (tertiary/aromatic N) is 2. The van der Waals surface area contributed by atoms with Crippen LogP contribution in [0.25, 0.3) is 0 Å². The summed E-state index contributed by atoms with van der Waals surface area (Å²) in [5, 5.41) is 13.8. The Labute approximate surface area is 125 Å². The molecular formula is C14H14ClFN2O3. The summed E-state index contributed by atoms with van der Waals surface area (Å²) in [6, 6.07) is 3.34. The van der Waals surface area contributed by atoms with Gasteiger partial charge in [0.2, 0.25) is 0 Å². The predicted octanol–water partition coefficient (Wildman–Crippen LogP) is 3.05. The van der Waals surface area contributed by atoms with Gasteiger partial charge in [-0.3, -0.25) is 4.68 Å². The van der Waals surface area contributed by atoms with Crippen LogP contribution in [0.5, 0.6) is 5.75 Å². The highest BCUT2D eigenvalue weighted by atomic mass is 35.5. The van der Waals surface area contributed by atoms with Gasteiger partial charge in [0.05, 0.1) is 16.4 Å². The lowest BCUT2D eigenvalue weighted by atomic mass is 10.2. The van der Waals surface area contributed by atoms with Crippen molar-refractivity contribution in [2.24, 2.45) is 7.05 Å². The second kappa shape index (κ2) is 6.13. The van der Waals surface area contributed by atoms with Crippen LogP contribution in [0.4, 0.5) is 4.39 Å². The van der Waals surface area contributed by atoms with Crippen LogP contribution in [0.3, 0.4) is 0 Å². The van der Waals surface area contributed by atoms with Crippen LogP contribution in [-0.2, 0) is 20.1 Å². The van der Waals surface area contributed by atoms with Crippen molar-refractivity contribution in [1.82, 2.24) is 9.78 Å². The van der Waals surface area contributed by atoms with Gasteiger partial charge in [0.15, 0.2) is 0 Å². The van der Waals surface area contributed by atoms with Crippen LogP contribution in [0.2, 0.25) is 5.02 Å². The van der Waals surface area contributed by atoms with Crippen LogP contribution in [0.15, 0.2) is 18.2 Å². The first-order chi connectivity index (χ1) is 9.93. The molecule has 1 heterocycles. The topological polar surface area (TPSA) is 64.4 Å². The number of carboxylic acids is 1. The number of hydrogen-bond donors (Lipinski definition) is 1. The molecule has 7 heteroatoms. The van der Waals surface area contributed by atoms with E-state index < -0.39 is 11.8 Å². The number of carbonyl (C=O) groups is 1. The summed E-state index contributed by atoms with van der Waals surface area (Å²) in [5.74, 6) is -1.80. The van der Waals surface area contributed by atoms with Crippen molar-refractivity contribution in [1.29, 1.82) is 0 Å². The SMILES string of the molecule is CCc1nn(C)c(COc2ccc(F)cc2C(=O)O)c1Cl. The number of hydrogen-bond acceptors (Lipinski definition) is 3. The zero-order valence-electron chi connectivity index (χ0n) is 11.6. The van der Waals surface area contributed by atoms with Crippen molar-refractivity contribution in [3.63, 3.8) is 0 Å². The molecule has 0 fully saturated rings. The van der Waals surface area contributed by atoms with Gasteiger partial charge >= 0.3 is 5.97 Å². The summed E-state index contributed by atoms with van der Waals surface area (Å²) in [5.41, 5.74) is 1.15. The Bertz CT molecular complexity index is 685. The molecule has 0 aliphatic carbocycles. The van der Waals surface area contributed by atoms with E-state index >= 15 is 0 Å². The summed E-state index contributed by atoms with van der Waals surface area (Å²) in [6.07, 6.45) is 0.684. The van der Waals surface area contributed by atoms with E-state index in [0.717, 1.165) is 17.8 Å². The number of halogens is 2. The Hall–Kier alpha value is -2.08. The van der Waals surface area contributed by atoms with Crippen LogP contribution in [0, 0.1) is 5.82 Å². The summed E-state index contributed by atoms with van der Waals surface area (Å²) in [4.78, 5) is 11.1. The molecule has 0 saturated carbocycles. The number of carboxylic acid groups (broad SMARTS) is 1. The Morgan fingerprint density at radius 3 is 2.81 bits per heavy atom. The fraction of sp³-hybridized carbons (Fsp3) is 0.286. The van der Waals surface area contributed by atoms with E-state index in [4.69, 9.17) is 21.4 Å². The van der Waals surface area contributed by atoms with Gasteiger partial charge < -0.3 is 9.84 Å². The predicted molar refractivity (Wildman–Crippen MR) is 75.3 cm³/mol. The summed E-state index contributed by atoms with van der Waals surface area (Å²) in [7, 11) is 1.73. The average molecular weight is 313 g/mol. The molecule has 0 aliphatic heterocycles. The minimum Gasteiger partial charge on any atom is -0.486 e. The van der Waals surface area contributed by atoms with Crippen molar-refractivity contribution in [2.45, 2.75) is 20.0 Å². The van der Waals surface area contributed by atoms with Crippen LogP contribution >= 0.6 is 11.6 Å². The summed E-state index contributed by atoms with van der Waals surface area (Å²) in [6.45, 7) is 1.98. The number of aryl methyl sites for hydroxylation is 2. The van der Waals surface area contributed by atoms with Crippen LogP contribution in [-0.4, -0.2) is 20.9 Å². The van der Waals surface area contributed by atoms with Gasteiger partial charge in [-0.15, -0.1) is 0 Å². The summed E-state index contributed by atoms with van der Waals surface area (Å²) < 4.78 is 20.1. The Kier molecular flexibility index (Phi) is 4.47. The normalized spacial score (nSPS) is 10.7. The number of benzene rings is 1. The molecule has 0 unspecified atom stereocenters. The van der Waals surface area contributed by atoms with Gasteiger partial charge in [-0.25, -0.2) is 9.18 Å². The number of ether oxygens (including phenoxy) is 1. The largest absolute Gasteiger partial charge is 0.486 e. The number of aromatic nitrogens is 2. The molecule has 112 valence electrons. The van der Waals surface area contributed by atoms with Gasteiger partial charge in [0, 0.05) is 7.05 Å². The van der Waals surface area contributed by atoms with E-state index in [0.29, 0.717) is 17.1 Å². The second-order valence-corrected chi connectivity index (χ2v) is 4.80. The molecule has 0 amide bonds. The van der Waals surface area contributed by atoms with Crippen molar-refractivity contribution in [3.8, 4) is 5.75 Å². The van der Waals surface area contributed by atoms with Gasteiger partial charge in [-0.05, 0) is 24.6 Å². The molecule has 5 nitrogen and oxygen atoms in total. The molecule has 2 aromatic rings. The standard InChI is InChI=1S/C14H14ClFN2O3/c1-3-10-13(15)11(18(2)17-10)7-21-12-5-4-8(16)6-9(12)14(19)20/h4-6H,3,7H2,1-2H3,(H,19,20). The van der Waals surface area contributed by atoms with Gasteiger partial charge in [-0.1, -0.05) is 18.5 Å². The van der Waals surface area contributed by atoms with Crippen molar-refractivity contribution >= 4 is 17.6 Å². The lowest BCUT2D eigenvalue weighted by molar-refractivity contribution is 0.0691. The van der Waals surface area contributed by atoms with E-state index in [9.17, 15) is 9.18 Å². The molecule has 0 bridgehead atoms. The highest BCUT2D eigenvalue weighted by molar-refractivity contribution is 6.31. The maximum Gasteiger partial charge on any atom is 0.339 e. The first kappa shape index (κ1) is 15.3. The average Bonchev–Trinajstić information content (AvgIpc) is 2.72. The molecule has 0 spiro atoms. The van der Waals surface area contributed by atoms with Crippen LogP contribution < -0.4 is 4.74 Å². The van der Waals surface area contributed by atoms with Crippen LogP contribution in [0.1, 0.15) is 28.7 Å². The zero-order valence-corrected chi connectivity index (χ0v) is 12.3. The fourth-order valence-electron chi connectivity index (χ4n) is 1.92. The third-order valence-electron chi connectivity index (χ3n) is 3.04. The molecule has 0 aliphatic rings. The third kappa shape index (κ3) is 3.16. The molecular weight excluding hydrogens is 299 g/mol. The Morgan fingerprint density at radius 1 is 1.52 bits per heavy atom. The maximum atomic E-state index is 13.1. The Balaban J connectivity index is 2.25. The maximum absolute atomic E-state index is 13.1. The highest BCUT2D eigenvalue weighted by Crippen LogP contribution is 2.25. The fourth-order valence-corrected chi connectivity index (χ4v) is 2.27. The molecule has 1 aromatic carbocycles. The Morgan fingerprint density at radius 2 is 2.24 bits per heavy atom. The smallest absolute Gasteiger partial charge is 0.339 e. The van der Waals surface area contributed by atoms with E-state index in [1.54, 1.807) is 11.7 Å². The molecule has 0 radical (unpaired) electrons. The number of rotatable bonds is 5. The summed E-state index contributed by atoms with van der Waals surface area (Å²) >= 11 is 6.18. The zero-order chi connectivity index (χ0) is 15.6. The van der Waals surface area contributed by atoms with Gasteiger partial charge in [0.25, 0.3) is 0 Å². The minimum absolute atomic E-state index is 0.0498. The van der Waals surface area contributed by atoms with Crippen molar-refractivity contribution in [2.75, 3.05) is 0 Å². The lowest BCUT2D eigenvalue weighted by Gasteiger charge is -2.09. The lowest BCUT2D eigenvalue weighted by Crippen LogP contribution is -2.07. The second-order valence-electron chi connectivity index (χ2n) is 4.42. The molecule has 0 atom stereocenters. The first-order valence-corrected chi connectivity index (χ1v) is 6.67. The van der Waals surface area contributed by atoms with Gasteiger partial charge in [0.1, 0.15) is 23.7 Å². The highest BCUT2D eigenvalue weighted by Gasteiger charge is 2.16. The quantitative estimate of drug-likeness (QED) is 0.921.